The van der Waals surface area contributed by atoms with Gasteiger partial charge in [-0.25, -0.2) is 0 Å². The number of hydrogen-bond acceptors (Lipinski definition) is 4. The van der Waals surface area contributed by atoms with Gasteiger partial charge in [0.25, 0.3) is 0 Å². The summed E-state index contributed by atoms with van der Waals surface area (Å²) in [6.45, 7) is 6.10. The second kappa shape index (κ2) is 6.44. The Hall–Kier alpha value is -1.73. The second-order valence-electron chi connectivity index (χ2n) is 4.72. The highest BCUT2D eigenvalue weighted by molar-refractivity contribution is 5.48. The molecular formula is C15H20N2O2. The van der Waals surface area contributed by atoms with Gasteiger partial charge in [0.15, 0.2) is 0 Å². The van der Waals surface area contributed by atoms with Crippen LogP contribution in [0, 0.1) is 11.3 Å². The summed E-state index contributed by atoms with van der Waals surface area (Å²) in [5.41, 5.74) is 2.31. The van der Waals surface area contributed by atoms with Gasteiger partial charge in [-0.1, -0.05) is 0 Å². The zero-order valence-corrected chi connectivity index (χ0v) is 11.5. The third-order valence-corrected chi connectivity index (χ3v) is 3.11. The molecular weight excluding hydrogens is 240 g/mol. The van der Waals surface area contributed by atoms with Crippen molar-refractivity contribution in [3.05, 3.63) is 23.3 Å². The zero-order chi connectivity index (χ0) is 13.7. The van der Waals surface area contributed by atoms with Crippen LogP contribution in [0.5, 0.6) is 11.5 Å². The van der Waals surface area contributed by atoms with Crippen molar-refractivity contribution in [3.63, 3.8) is 0 Å². The molecule has 1 aromatic rings. The molecule has 4 nitrogen and oxygen atoms in total. The Morgan fingerprint density at radius 3 is 3.11 bits per heavy atom. The topological polar surface area (TPSA) is 54.3 Å². The van der Waals surface area contributed by atoms with E-state index >= 15 is 0 Å². The molecule has 1 heterocycles. The molecule has 0 amide bonds. The fourth-order valence-corrected chi connectivity index (χ4v) is 2.28. The highest BCUT2D eigenvalue weighted by Crippen LogP contribution is 2.35. The first-order chi connectivity index (χ1) is 9.24. The molecule has 0 bridgehead atoms. The van der Waals surface area contributed by atoms with Gasteiger partial charge in [-0.3, -0.25) is 0 Å². The van der Waals surface area contributed by atoms with Crippen molar-refractivity contribution in [1.29, 1.82) is 5.26 Å². The summed E-state index contributed by atoms with van der Waals surface area (Å²) in [6, 6.07) is 6.27. The number of nitrogens with zero attached hydrogens (tertiary/aromatic N) is 1. The van der Waals surface area contributed by atoms with Crippen molar-refractivity contribution in [2.45, 2.75) is 39.3 Å². The molecule has 1 unspecified atom stereocenters. The summed E-state index contributed by atoms with van der Waals surface area (Å²) in [6.07, 6.45) is 1.70. The van der Waals surface area contributed by atoms with Crippen molar-refractivity contribution >= 4 is 0 Å². The van der Waals surface area contributed by atoms with E-state index < -0.39 is 0 Å². The van der Waals surface area contributed by atoms with Crippen molar-refractivity contribution < 1.29 is 9.47 Å². The predicted molar refractivity (Wildman–Crippen MR) is 73.3 cm³/mol. The molecule has 19 heavy (non-hydrogen) atoms. The van der Waals surface area contributed by atoms with Gasteiger partial charge in [0, 0.05) is 37.1 Å². The van der Waals surface area contributed by atoms with Crippen LogP contribution in [0.3, 0.4) is 0 Å². The Kier molecular flexibility index (Phi) is 4.64. The number of benzene rings is 1. The third kappa shape index (κ3) is 3.39. The molecule has 1 aliphatic heterocycles. The van der Waals surface area contributed by atoms with Crippen LogP contribution in [0.25, 0.3) is 0 Å². The van der Waals surface area contributed by atoms with Crippen LogP contribution in [0.2, 0.25) is 0 Å². The van der Waals surface area contributed by atoms with E-state index in [0.717, 1.165) is 23.5 Å². The van der Waals surface area contributed by atoms with Crippen molar-refractivity contribution in [2.75, 3.05) is 13.2 Å². The molecule has 0 aliphatic carbocycles. The molecule has 0 fully saturated rings. The molecule has 0 radical (unpaired) electrons. The normalized spacial score (nSPS) is 16.6. The largest absolute Gasteiger partial charge is 0.494 e. The van der Waals surface area contributed by atoms with Gasteiger partial charge in [0.2, 0.25) is 0 Å². The van der Waals surface area contributed by atoms with Crippen LogP contribution >= 0.6 is 0 Å². The summed E-state index contributed by atoms with van der Waals surface area (Å²) in [7, 11) is 0. The van der Waals surface area contributed by atoms with Crippen LogP contribution < -0.4 is 14.8 Å². The van der Waals surface area contributed by atoms with E-state index in [2.05, 4.69) is 30.4 Å². The van der Waals surface area contributed by atoms with E-state index in [1.54, 1.807) is 0 Å². The third-order valence-electron chi connectivity index (χ3n) is 3.11. The van der Waals surface area contributed by atoms with Crippen LogP contribution in [-0.2, 0) is 13.0 Å². The predicted octanol–water partition coefficient (Wildman–Crippen LogP) is 2.41. The van der Waals surface area contributed by atoms with Gasteiger partial charge >= 0.3 is 0 Å². The maximum atomic E-state index is 8.52. The molecule has 1 aromatic carbocycles. The van der Waals surface area contributed by atoms with E-state index in [-0.39, 0.29) is 6.10 Å². The molecule has 102 valence electrons. The lowest BCUT2D eigenvalue weighted by atomic mass is 10.1. The summed E-state index contributed by atoms with van der Waals surface area (Å²) in [5, 5.41) is 11.8. The van der Waals surface area contributed by atoms with Gasteiger partial charge in [0.1, 0.15) is 17.6 Å². The molecule has 2 rings (SSSR count). The maximum absolute atomic E-state index is 8.52. The lowest BCUT2D eigenvalue weighted by Gasteiger charge is -2.13. The lowest BCUT2D eigenvalue weighted by molar-refractivity contribution is 0.254. The van der Waals surface area contributed by atoms with Gasteiger partial charge in [-0.2, -0.15) is 5.26 Å². The summed E-state index contributed by atoms with van der Waals surface area (Å²) >= 11 is 0. The van der Waals surface area contributed by atoms with E-state index in [4.69, 9.17) is 14.7 Å². The van der Waals surface area contributed by atoms with Gasteiger partial charge < -0.3 is 14.8 Å². The smallest absolute Gasteiger partial charge is 0.124 e. The molecule has 1 N–H and O–H groups in total. The standard InChI is InChI=1S/C15H20N2O2/c1-3-18-14-8-12-7-11(2)19-15(12)9-13(14)10-17-6-4-5-16/h8-9,11,17H,3-4,6-7,10H2,1-2H3. The Morgan fingerprint density at radius 1 is 1.53 bits per heavy atom. The molecule has 4 heteroatoms. The maximum Gasteiger partial charge on any atom is 0.124 e. The van der Waals surface area contributed by atoms with E-state index in [9.17, 15) is 0 Å². The first-order valence-corrected chi connectivity index (χ1v) is 6.77. The number of nitrogens with one attached hydrogen (secondary N) is 1. The van der Waals surface area contributed by atoms with Crippen LogP contribution in [0.4, 0.5) is 0 Å². The molecule has 0 saturated heterocycles. The Bertz CT molecular complexity index is 480. The minimum absolute atomic E-state index is 0.242. The molecule has 1 aliphatic rings. The summed E-state index contributed by atoms with van der Waals surface area (Å²) in [4.78, 5) is 0. The number of hydrogen-bond donors (Lipinski definition) is 1. The molecule has 0 aromatic heterocycles. The monoisotopic (exact) mass is 260 g/mol. The number of ether oxygens (including phenoxy) is 2. The van der Waals surface area contributed by atoms with Crippen molar-refractivity contribution in [2.24, 2.45) is 0 Å². The molecule has 1 atom stereocenters. The average Bonchev–Trinajstić information content (AvgIpc) is 2.74. The Morgan fingerprint density at radius 2 is 2.37 bits per heavy atom. The van der Waals surface area contributed by atoms with Gasteiger partial charge in [-0.05, 0) is 26.0 Å². The van der Waals surface area contributed by atoms with Crippen molar-refractivity contribution in [3.8, 4) is 17.6 Å². The first-order valence-electron chi connectivity index (χ1n) is 6.77. The highest BCUT2D eigenvalue weighted by atomic mass is 16.5. The minimum Gasteiger partial charge on any atom is -0.494 e. The fraction of sp³-hybridized carbons (Fsp3) is 0.533. The summed E-state index contributed by atoms with van der Waals surface area (Å²) in [5.74, 6) is 1.89. The second-order valence-corrected chi connectivity index (χ2v) is 4.72. The minimum atomic E-state index is 0.242. The van der Waals surface area contributed by atoms with E-state index in [0.29, 0.717) is 26.1 Å². The number of nitriles is 1. The van der Waals surface area contributed by atoms with Crippen LogP contribution in [-0.4, -0.2) is 19.3 Å². The summed E-state index contributed by atoms with van der Waals surface area (Å²) < 4.78 is 11.5. The Labute approximate surface area is 114 Å². The number of rotatable bonds is 6. The molecule has 0 saturated carbocycles. The van der Waals surface area contributed by atoms with Crippen LogP contribution in [0.15, 0.2) is 12.1 Å². The van der Waals surface area contributed by atoms with E-state index in [1.165, 1.54) is 5.56 Å². The first kappa shape index (κ1) is 13.7. The SMILES string of the molecule is CCOc1cc2c(cc1CNCCC#N)OC(C)C2. The fourth-order valence-electron chi connectivity index (χ4n) is 2.28. The Balaban J connectivity index is 2.12. The van der Waals surface area contributed by atoms with Gasteiger partial charge in [-0.15, -0.1) is 0 Å². The average molecular weight is 260 g/mol. The van der Waals surface area contributed by atoms with Gasteiger partial charge in [0.05, 0.1) is 12.7 Å². The highest BCUT2D eigenvalue weighted by Gasteiger charge is 2.21. The molecule has 0 spiro atoms. The van der Waals surface area contributed by atoms with Crippen molar-refractivity contribution in [1.82, 2.24) is 5.32 Å². The van der Waals surface area contributed by atoms with Crippen LogP contribution in [0.1, 0.15) is 31.4 Å². The van der Waals surface area contributed by atoms with E-state index in [1.807, 2.05) is 6.92 Å². The zero-order valence-electron chi connectivity index (χ0n) is 11.5. The number of fused-ring (bicyclic) bond motifs is 1. The lowest BCUT2D eigenvalue weighted by Crippen LogP contribution is -2.15. The quantitative estimate of drug-likeness (QED) is 0.798.